The van der Waals surface area contributed by atoms with Crippen LogP contribution in [-0.4, -0.2) is 45.1 Å². The molecular weight excluding hydrogens is 263 g/mol. The number of carboxylic acid groups (broad SMARTS) is 1. The average Bonchev–Trinajstić information content (AvgIpc) is 2.74. The fourth-order valence-corrected chi connectivity index (χ4v) is 2.52. The number of carbonyl (C=O) groups excluding carboxylic acids is 1. The van der Waals surface area contributed by atoms with Crippen molar-refractivity contribution in [3.63, 3.8) is 0 Å². The van der Waals surface area contributed by atoms with Gasteiger partial charge >= 0.3 is 13.6 Å². The first-order valence-electron chi connectivity index (χ1n) is 5.61. The lowest BCUT2D eigenvalue weighted by Gasteiger charge is -2.21. The van der Waals surface area contributed by atoms with Crippen LogP contribution in [0.1, 0.15) is 25.7 Å². The minimum atomic E-state index is -4.55. The Morgan fingerprint density at radius 3 is 2.56 bits per heavy atom. The molecule has 0 bridgehead atoms. The third-order valence-corrected chi connectivity index (χ3v) is 3.92. The maximum atomic E-state index is 11.7. The Balaban J connectivity index is 2.57. The van der Waals surface area contributed by atoms with Gasteiger partial charge in [-0.25, -0.2) is 0 Å². The first-order valence-corrected chi connectivity index (χ1v) is 7.29. The van der Waals surface area contributed by atoms with Crippen molar-refractivity contribution in [3.05, 3.63) is 0 Å². The van der Waals surface area contributed by atoms with Crippen LogP contribution >= 0.6 is 7.60 Å². The molecule has 1 unspecified atom stereocenters. The van der Waals surface area contributed by atoms with Crippen molar-refractivity contribution < 1.29 is 29.0 Å². The molecule has 0 aromatic carbocycles. The van der Waals surface area contributed by atoms with Gasteiger partial charge in [-0.3, -0.25) is 14.2 Å². The quantitative estimate of drug-likeness (QED) is 0.403. The summed E-state index contributed by atoms with van der Waals surface area (Å²) >= 11 is 0. The summed E-state index contributed by atoms with van der Waals surface area (Å²) in [5, 5.41) is 13.6. The van der Waals surface area contributed by atoms with Gasteiger partial charge in [0.05, 0.1) is 6.04 Å². The number of hydrogen-bond acceptors (Lipinski definition) is 4. The largest absolute Gasteiger partial charge is 0.481 e. The van der Waals surface area contributed by atoms with Gasteiger partial charge in [-0.2, -0.15) is 0 Å². The Hall–Kier alpha value is -0.950. The van der Waals surface area contributed by atoms with Crippen LogP contribution < -0.4 is 10.6 Å². The topological polar surface area (TPSA) is 136 Å². The molecular formula is C9H17N2O6P. The molecule has 1 amide bonds. The van der Waals surface area contributed by atoms with Crippen molar-refractivity contribution in [3.8, 4) is 0 Å². The Bertz CT molecular complexity index is 362. The van der Waals surface area contributed by atoms with E-state index in [4.69, 9.17) is 14.9 Å². The summed E-state index contributed by atoms with van der Waals surface area (Å²) in [5.41, 5.74) is 0. The number of carbonyl (C=O) groups is 2. The zero-order valence-electron chi connectivity index (χ0n) is 9.70. The molecule has 104 valence electrons. The van der Waals surface area contributed by atoms with Crippen LogP contribution in [0, 0.1) is 0 Å². The van der Waals surface area contributed by atoms with Crippen molar-refractivity contribution in [1.29, 1.82) is 0 Å². The van der Waals surface area contributed by atoms with Gasteiger partial charge in [0.2, 0.25) is 5.91 Å². The zero-order valence-corrected chi connectivity index (χ0v) is 10.6. The van der Waals surface area contributed by atoms with E-state index < -0.39 is 37.7 Å². The van der Waals surface area contributed by atoms with E-state index in [1.54, 1.807) is 0 Å². The first-order chi connectivity index (χ1) is 8.30. The SMILES string of the molecule is O=C(O)CCC(NC(=O)[C@@H]1CCCN1)P(=O)(O)O. The van der Waals surface area contributed by atoms with E-state index in [9.17, 15) is 14.2 Å². The standard InChI is InChI=1S/C9H17N2O6P/c12-8(13)4-3-7(18(15,16)17)11-9(14)6-2-1-5-10-6/h6-7,10H,1-5H2,(H,11,14)(H,12,13)(H2,15,16,17)/t6-,7?/m0/s1. The van der Waals surface area contributed by atoms with E-state index in [0.29, 0.717) is 13.0 Å². The van der Waals surface area contributed by atoms with Gasteiger partial charge in [0.1, 0.15) is 5.78 Å². The molecule has 18 heavy (non-hydrogen) atoms. The first kappa shape index (κ1) is 15.1. The summed E-state index contributed by atoms with van der Waals surface area (Å²) in [6, 6.07) is -0.455. The van der Waals surface area contributed by atoms with Gasteiger partial charge in [-0.15, -0.1) is 0 Å². The number of amides is 1. The third-order valence-electron chi connectivity index (χ3n) is 2.72. The average molecular weight is 280 g/mol. The highest BCUT2D eigenvalue weighted by Gasteiger charge is 2.33. The second-order valence-electron chi connectivity index (χ2n) is 4.19. The van der Waals surface area contributed by atoms with Gasteiger partial charge in [0.15, 0.2) is 0 Å². The molecule has 2 atom stereocenters. The van der Waals surface area contributed by atoms with E-state index in [2.05, 4.69) is 10.6 Å². The molecule has 1 saturated heterocycles. The van der Waals surface area contributed by atoms with Crippen LogP contribution in [0.2, 0.25) is 0 Å². The highest BCUT2D eigenvalue weighted by atomic mass is 31.2. The van der Waals surface area contributed by atoms with Crippen molar-refractivity contribution in [2.24, 2.45) is 0 Å². The molecule has 0 aliphatic carbocycles. The highest BCUT2D eigenvalue weighted by Crippen LogP contribution is 2.41. The fourth-order valence-electron chi connectivity index (χ4n) is 1.76. The lowest BCUT2D eigenvalue weighted by molar-refractivity contribution is -0.137. The molecule has 0 aromatic rings. The predicted molar refractivity (Wildman–Crippen MR) is 61.9 cm³/mol. The van der Waals surface area contributed by atoms with Crippen LogP contribution in [0.15, 0.2) is 0 Å². The monoisotopic (exact) mass is 280 g/mol. The fraction of sp³-hybridized carbons (Fsp3) is 0.778. The van der Waals surface area contributed by atoms with E-state index in [1.807, 2.05) is 0 Å². The van der Waals surface area contributed by atoms with Gasteiger partial charge in [-0.1, -0.05) is 0 Å². The molecule has 9 heteroatoms. The molecule has 1 aliphatic heterocycles. The second kappa shape index (κ2) is 6.29. The summed E-state index contributed by atoms with van der Waals surface area (Å²) in [7, 11) is -4.55. The smallest absolute Gasteiger partial charge is 0.347 e. The van der Waals surface area contributed by atoms with E-state index >= 15 is 0 Å². The summed E-state index contributed by atoms with van der Waals surface area (Å²) < 4.78 is 11.2. The summed E-state index contributed by atoms with van der Waals surface area (Å²) in [6.07, 6.45) is 0.735. The summed E-state index contributed by atoms with van der Waals surface area (Å²) in [4.78, 5) is 40.2. The Morgan fingerprint density at radius 2 is 2.11 bits per heavy atom. The Kier molecular flexibility index (Phi) is 5.28. The van der Waals surface area contributed by atoms with Crippen LogP contribution in [0.5, 0.6) is 0 Å². The molecule has 1 fully saturated rings. The summed E-state index contributed by atoms with van der Waals surface area (Å²) in [6.45, 7) is 0.688. The van der Waals surface area contributed by atoms with Crippen molar-refractivity contribution in [2.45, 2.75) is 37.5 Å². The second-order valence-corrected chi connectivity index (χ2v) is 6.00. The lowest BCUT2D eigenvalue weighted by atomic mass is 10.2. The van der Waals surface area contributed by atoms with Gasteiger partial charge < -0.3 is 25.5 Å². The molecule has 1 heterocycles. The Labute approximate surface area is 104 Å². The predicted octanol–water partition coefficient (Wildman–Crippen LogP) is -0.777. The van der Waals surface area contributed by atoms with Crippen LogP contribution in [-0.2, 0) is 14.2 Å². The van der Waals surface area contributed by atoms with Crippen LogP contribution in [0.3, 0.4) is 0 Å². The highest BCUT2D eigenvalue weighted by molar-refractivity contribution is 7.52. The molecule has 0 radical (unpaired) electrons. The number of hydrogen-bond donors (Lipinski definition) is 5. The normalized spacial score (nSPS) is 21.6. The number of aliphatic carboxylic acids is 1. The molecule has 0 saturated carbocycles. The number of nitrogens with one attached hydrogen (secondary N) is 2. The minimum Gasteiger partial charge on any atom is -0.481 e. The van der Waals surface area contributed by atoms with E-state index in [-0.39, 0.29) is 6.42 Å². The number of carboxylic acids is 1. The lowest BCUT2D eigenvalue weighted by Crippen LogP contribution is -2.45. The van der Waals surface area contributed by atoms with Crippen molar-refractivity contribution in [2.75, 3.05) is 6.54 Å². The van der Waals surface area contributed by atoms with Crippen LogP contribution in [0.4, 0.5) is 0 Å². The minimum absolute atomic E-state index is 0.294. The maximum Gasteiger partial charge on any atom is 0.347 e. The van der Waals surface area contributed by atoms with E-state index in [1.165, 1.54) is 0 Å². The van der Waals surface area contributed by atoms with Gasteiger partial charge in [-0.05, 0) is 25.8 Å². The molecule has 1 aliphatic rings. The van der Waals surface area contributed by atoms with Gasteiger partial charge in [0.25, 0.3) is 0 Å². The van der Waals surface area contributed by atoms with E-state index in [0.717, 1.165) is 6.42 Å². The van der Waals surface area contributed by atoms with Crippen molar-refractivity contribution in [1.82, 2.24) is 10.6 Å². The van der Waals surface area contributed by atoms with Crippen LogP contribution in [0.25, 0.3) is 0 Å². The third kappa shape index (κ3) is 4.73. The molecule has 0 aromatic heterocycles. The molecule has 5 N–H and O–H groups in total. The Morgan fingerprint density at radius 1 is 1.44 bits per heavy atom. The molecule has 1 rings (SSSR count). The maximum absolute atomic E-state index is 11.7. The molecule has 8 nitrogen and oxygen atoms in total. The molecule has 0 spiro atoms. The van der Waals surface area contributed by atoms with Crippen molar-refractivity contribution >= 4 is 19.5 Å². The number of rotatable bonds is 6. The van der Waals surface area contributed by atoms with Gasteiger partial charge in [0, 0.05) is 6.42 Å². The summed E-state index contributed by atoms with van der Waals surface area (Å²) in [5.74, 6) is -3.10. The zero-order chi connectivity index (χ0) is 13.8.